The minimum atomic E-state index is -2.16. The number of benzene rings is 3. The van der Waals surface area contributed by atoms with E-state index in [1.165, 1.54) is 0 Å². The summed E-state index contributed by atoms with van der Waals surface area (Å²) >= 11 is 17.6. The van der Waals surface area contributed by atoms with Crippen molar-refractivity contribution in [2.75, 3.05) is 6.61 Å². The van der Waals surface area contributed by atoms with Gasteiger partial charge in [-0.25, -0.2) is 0 Å². The number of alkyl halides is 3. The summed E-state index contributed by atoms with van der Waals surface area (Å²) < 4.78 is 28.4. The molecule has 0 unspecified atom stereocenters. The zero-order valence-electron chi connectivity index (χ0n) is 21.9. The lowest BCUT2D eigenvalue weighted by molar-refractivity contribution is -0.269. The van der Waals surface area contributed by atoms with E-state index in [-0.39, 0.29) is 19.8 Å². The van der Waals surface area contributed by atoms with Crippen LogP contribution in [-0.4, -0.2) is 46.9 Å². The van der Waals surface area contributed by atoms with Gasteiger partial charge in [-0.1, -0.05) is 131 Å². The fraction of sp³-hybridized carbons (Fsp3) is 0.345. The van der Waals surface area contributed by atoms with Gasteiger partial charge in [-0.05, 0) is 22.2 Å². The highest BCUT2D eigenvalue weighted by molar-refractivity contribution is 6.76. The molecule has 3 aromatic carbocycles. The molecular weight excluding hydrogens is 591 g/mol. The average Bonchev–Trinajstić information content (AvgIpc) is 2.98. The van der Waals surface area contributed by atoms with Crippen molar-refractivity contribution in [2.24, 2.45) is 5.11 Å². The van der Waals surface area contributed by atoms with Gasteiger partial charge in [0.25, 0.3) is 3.79 Å². The molecule has 0 saturated carbocycles. The van der Waals surface area contributed by atoms with Crippen molar-refractivity contribution in [1.82, 2.24) is 0 Å². The highest BCUT2D eigenvalue weighted by Crippen LogP contribution is 2.34. The van der Waals surface area contributed by atoms with Crippen LogP contribution in [0.5, 0.6) is 0 Å². The molecule has 216 valence electrons. The average molecular weight is 620 g/mol. The molecule has 12 heteroatoms. The maximum Gasteiger partial charge on any atom is 0.265 e. The molecule has 1 saturated heterocycles. The first-order valence-corrected chi connectivity index (χ1v) is 13.9. The molecule has 0 radical (unpaired) electrons. The molecule has 0 spiro atoms. The Kier molecular flexibility index (Phi) is 11.7. The number of rotatable bonds is 12. The van der Waals surface area contributed by atoms with Crippen LogP contribution in [-0.2, 0) is 43.5 Å². The lowest BCUT2D eigenvalue weighted by Gasteiger charge is -2.44. The summed E-state index contributed by atoms with van der Waals surface area (Å²) in [5.41, 5.74) is 12.2. The first kappa shape index (κ1) is 31.1. The Morgan fingerprint density at radius 1 is 0.805 bits per heavy atom. The third-order valence-electron chi connectivity index (χ3n) is 6.26. The van der Waals surface area contributed by atoms with Gasteiger partial charge in [-0.2, -0.15) is 0 Å². The highest BCUT2D eigenvalue weighted by atomic mass is 35.6. The van der Waals surface area contributed by atoms with E-state index < -0.39 is 40.3 Å². The van der Waals surface area contributed by atoms with Gasteiger partial charge in [0, 0.05) is 4.91 Å². The largest absolute Gasteiger partial charge is 0.448 e. The number of halogens is 3. The lowest BCUT2D eigenvalue weighted by Crippen LogP contribution is -2.61. The minimum Gasteiger partial charge on any atom is -0.448 e. The molecule has 0 amide bonds. The van der Waals surface area contributed by atoms with E-state index in [0.717, 1.165) is 16.7 Å². The summed E-state index contributed by atoms with van der Waals surface area (Å²) in [5, 5.41) is 12.0. The van der Waals surface area contributed by atoms with Gasteiger partial charge in [-0.15, -0.1) is 0 Å². The molecule has 9 nitrogen and oxygen atoms in total. The van der Waals surface area contributed by atoms with Crippen LogP contribution in [0.2, 0.25) is 0 Å². The Hall–Kier alpha value is -2.85. The Bertz CT molecular complexity index is 1280. The van der Waals surface area contributed by atoms with E-state index in [0.29, 0.717) is 6.61 Å². The van der Waals surface area contributed by atoms with Gasteiger partial charge >= 0.3 is 0 Å². The molecule has 3 aromatic rings. The molecule has 1 heterocycles. The molecule has 1 aliphatic heterocycles. The van der Waals surface area contributed by atoms with E-state index in [2.05, 4.69) is 10.0 Å². The van der Waals surface area contributed by atoms with Crippen LogP contribution < -0.4 is 0 Å². The van der Waals surface area contributed by atoms with Crippen LogP contribution in [0.15, 0.2) is 96.1 Å². The number of azide groups is 1. The molecule has 0 aromatic heterocycles. The quantitative estimate of drug-likeness (QED) is 0.0577. The maximum atomic E-state index is 9.46. The van der Waals surface area contributed by atoms with E-state index in [1.807, 2.05) is 91.0 Å². The van der Waals surface area contributed by atoms with Crippen LogP contribution in [0.4, 0.5) is 0 Å². The molecule has 0 bridgehead atoms. The Labute approximate surface area is 253 Å². The molecule has 4 rings (SSSR count). The maximum absolute atomic E-state index is 9.46. The number of hydrogen-bond acceptors (Lipinski definition) is 7. The molecular formula is C29H29Cl3N4O5. The second-order valence-electron chi connectivity index (χ2n) is 9.21. The summed E-state index contributed by atoms with van der Waals surface area (Å²) in [6, 6.07) is 27.7. The van der Waals surface area contributed by atoms with E-state index in [4.69, 9.17) is 63.9 Å². The van der Waals surface area contributed by atoms with E-state index in [9.17, 15) is 5.53 Å². The van der Waals surface area contributed by atoms with Gasteiger partial charge in [0.1, 0.15) is 24.4 Å². The summed E-state index contributed by atoms with van der Waals surface area (Å²) in [5.74, 6) is -0.694. The van der Waals surface area contributed by atoms with Gasteiger partial charge in [0.2, 0.25) is 12.2 Å². The zero-order chi connectivity index (χ0) is 29.1. The Morgan fingerprint density at radius 2 is 1.29 bits per heavy atom. The van der Waals surface area contributed by atoms with Crippen LogP contribution in [0, 0.1) is 5.41 Å². The van der Waals surface area contributed by atoms with E-state index in [1.54, 1.807) is 0 Å². The summed E-state index contributed by atoms with van der Waals surface area (Å²) in [4.78, 5) is 2.99. The predicted octanol–water partition coefficient (Wildman–Crippen LogP) is 7.14. The van der Waals surface area contributed by atoms with Crippen molar-refractivity contribution >= 4 is 40.7 Å². The number of nitrogens with zero attached hydrogens (tertiary/aromatic N) is 3. The van der Waals surface area contributed by atoms with Crippen LogP contribution in [0.25, 0.3) is 10.4 Å². The third kappa shape index (κ3) is 9.33. The monoisotopic (exact) mass is 618 g/mol. The number of nitrogens with one attached hydrogen (secondary N) is 1. The van der Waals surface area contributed by atoms with Crippen molar-refractivity contribution in [3.8, 4) is 0 Å². The first-order chi connectivity index (χ1) is 19.8. The van der Waals surface area contributed by atoms with E-state index >= 15 is 0 Å². The van der Waals surface area contributed by atoms with Gasteiger partial charge < -0.3 is 23.7 Å². The second-order valence-corrected chi connectivity index (χ2v) is 11.5. The Morgan fingerprint density at radius 3 is 1.78 bits per heavy atom. The molecule has 1 N–H and O–H groups in total. The van der Waals surface area contributed by atoms with Crippen molar-refractivity contribution < 1.29 is 23.7 Å². The van der Waals surface area contributed by atoms with Gasteiger partial charge in [0.05, 0.1) is 26.4 Å². The third-order valence-corrected chi connectivity index (χ3v) is 6.77. The molecule has 41 heavy (non-hydrogen) atoms. The van der Waals surface area contributed by atoms with Crippen molar-refractivity contribution in [2.45, 2.75) is 54.3 Å². The van der Waals surface area contributed by atoms with Crippen molar-refractivity contribution in [1.29, 1.82) is 5.41 Å². The summed E-state index contributed by atoms with van der Waals surface area (Å²) in [6.45, 7) is 0.800. The molecule has 1 aliphatic rings. The lowest BCUT2D eigenvalue weighted by atomic mass is 9.96. The van der Waals surface area contributed by atoms with Gasteiger partial charge in [0.15, 0.2) is 0 Å². The van der Waals surface area contributed by atoms with Gasteiger partial charge in [-0.3, -0.25) is 5.41 Å². The normalized spacial score (nSPS) is 22.5. The van der Waals surface area contributed by atoms with Crippen molar-refractivity contribution in [3.05, 3.63) is 118 Å². The fourth-order valence-corrected chi connectivity index (χ4v) is 4.42. The molecule has 1 fully saturated rings. The summed E-state index contributed by atoms with van der Waals surface area (Å²) in [7, 11) is 0. The predicted molar refractivity (Wildman–Crippen MR) is 157 cm³/mol. The number of ether oxygens (including phenoxy) is 5. The topological polar surface area (TPSA) is 119 Å². The van der Waals surface area contributed by atoms with Crippen molar-refractivity contribution in [3.63, 3.8) is 0 Å². The first-order valence-electron chi connectivity index (χ1n) is 12.8. The SMILES string of the molecule is [N-]=[N+]=N[C@H]1[C@@H](OC(=N)C(Cl)(Cl)Cl)O[C@H](COCc2ccccc2)[C@@H](OCc2ccccc2)[C@@H]1OCc1ccccc1. The zero-order valence-corrected chi connectivity index (χ0v) is 24.2. The van der Waals surface area contributed by atoms with Crippen LogP contribution in [0.1, 0.15) is 16.7 Å². The standard InChI is InChI=1S/C29H29Cl3N4O5/c30-29(31,32)28(33)41-27-24(35-36-34)26(39-18-22-14-8-3-9-15-22)25(38-17-21-12-6-2-7-13-21)23(40-27)19-37-16-20-10-4-1-5-11-20/h1-15,23-27,33H,16-19H2/t23-,24-,25-,26-,27-/m1/s1. The van der Waals surface area contributed by atoms with Crippen LogP contribution >= 0.6 is 34.8 Å². The smallest absolute Gasteiger partial charge is 0.265 e. The molecule has 5 atom stereocenters. The fourth-order valence-electron chi connectivity index (χ4n) is 4.28. The molecule has 0 aliphatic carbocycles. The number of hydrogen-bond donors (Lipinski definition) is 1. The highest BCUT2D eigenvalue weighted by Gasteiger charge is 2.50. The minimum absolute atomic E-state index is 0.0729. The Balaban J connectivity index is 1.63. The van der Waals surface area contributed by atoms with Crippen LogP contribution in [0.3, 0.4) is 0 Å². The second kappa shape index (κ2) is 15.4. The summed E-state index contributed by atoms with van der Waals surface area (Å²) in [6.07, 6.45) is -3.72.